The largest absolute Gasteiger partial charge is 0.462 e. The second-order valence-corrected chi connectivity index (χ2v) is 6.60. The molecule has 1 heterocycles. The van der Waals surface area contributed by atoms with Crippen LogP contribution in [0.2, 0.25) is 0 Å². The van der Waals surface area contributed by atoms with E-state index in [1.54, 1.807) is 43.3 Å². The van der Waals surface area contributed by atoms with Crippen LogP contribution in [-0.2, 0) is 9.53 Å². The lowest BCUT2D eigenvalue weighted by Gasteiger charge is -2.06. The Hall–Kier alpha value is -2.92. The van der Waals surface area contributed by atoms with Gasteiger partial charge in [0.1, 0.15) is 17.1 Å². The van der Waals surface area contributed by atoms with E-state index in [0.29, 0.717) is 17.1 Å². The highest BCUT2D eigenvalue weighted by Gasteiger charge is 2.22. The minimum atomic E-state index is -0.673. The van der Waals surface area contributed by atoms with Crippen molar-refractivity contribution in [1.29, 1.82) is 0 Å². The Bertz CT molecular complexity index is 969. The maximum absolute atomic E-state index is 12.8. The summed E-state index contributed by atoms with van der Waals surface area (Å²) in [7, 11) is 0. The van der Waals surface area contributed by atoms with Gasteiger partial charge in [0.25, 0.3) is 0 Å². The lowest BCUT2D eigenvalue weighted by atomic mass is 10.0. The maximum Gasteiger partial charge on any atom is 0.342 e. The molecule has 3 rings (SSSR count). The number of rotatable bonds is 6. The molecule has 0 N–H and O–H groups in total. The number of halogens is 1. The van der Waals surface area contributed by atoms with Crippen molar-refractivity contribution in [3.8, 4) is 11.3 Å². The molecule has 2 aromatic carbocycles. The van der Waals surface area contributed by atoms with Gasteiger partial charge < -0.3 is 9.15 Å². The molecule has 3 aromatic rings. The number of hydrogen-bond acceptors (Lipinski definition) is 4. The molecule has 0 aliphatic heterocycles. The molecule has 1 aromatic heterocycles. The van der Waals surface area contributed by atoms with Crippen LogP contribution in [0.25, 0.3) is 17.4 Å². The van der Waals surface area contributed by atoms with Crippen LogP contribution in [0.5, 0.6) is 0 Å². The number of hydrogen-bond donors (Lipinski definition) is 0. The van der Waals surface area contributed by atoms with Gasteiger partial charge in [-0.15, -0.1) is 0 Å². The number of carbonyl (C=O) groups is 2. The van der Waals surface area contributed by atoms with Crippen LogP contribution in [-0.4, -0.2) is 18.4 Å². The molecule has 5 heteroatoms. The van der Waals surface area contributed by atoms with Gasteiger partial charge in [0, 0.05) is 15.6 Å². The van der Waals surface area contributed by atoms with Crippen LogP contribution in [0.4, 0.5) is 0 Å². The molecule has 0 saturated carbocycles. The van der Waals surface area contributed by atoms with Crippen molar-refractivity contribution in [1.82, 2.24) is 0 Å². The number of Topliss-reactive ketones (excluding diaryl/α,β-unsaturated/α-hetero) is 1. The number of furan rings is 1. The zero-order valence-corrected chi connectivity index (χ0v) is 16.2. The fourth-order valence-electron chi connectivity index (χ4n) is 2.51. The molecular weight excluding hydrogens is 408 g/mol. The average molecular weight is 425 g/mol. The summed E-state index contributed by atoms with van der Waals surface area (Å²) in [5.74, 6) is -0.0343. The van der Waals surface area contributed by atoms with Gasteiger partial charge in [0.2, 0.25) is 0 Å². The SMILES string of the molecule is CCOC(=O)/C(=C\c1ccc(-c2ccc(Br)cc2)o1)C(=O)c1ccccc1. The highest BCUT2D eigenvalue weighted by molar-refractivity contribution is 9.10. The Morgan fingerprint density at radius 2 is 1.70 bits per heavy atom. The standard InChI is InChI=1S/C22H17BrO4/c1-2-26-22(25)19(21(24)16-6-4-3-5-7-16)14-18-12-13-20(27-18)15-8-10-17(23)11-9-15/h3-14H,2H2,1H3/b19-14-. The topological polar surface area (TPSA) is 56.5 Å². The zero-order chi connectivity index (χ0) is 19.2. The van der Waals surface area contributed by atoms with E-state index in [4.69, 9.17) is 9.15 Å². The molecular formula is C22H17BrO4. The molecule has 27 heavy (non-hydrogen) atoms. The normalized spacial score (nSPS) is 11.3. The van der Waals surface area contributed by atoms with Crippen LogP contribution < -0.4 is 0 Å². The van der Waals surface area contributed by atoms with Gasteiger partial charge in [0.05, 0.1) is 6.61 Å². The first-order valence-electron chi connectivity index (χ1n) is 8.43. The Balaban J connectivity index is 1.95. The summed E-state index contributed by atoms with van der Waals surface area (Å²) < 4.78 is 11.8. The van der Waals surface area contributed by atoms with E-state index in [1.807, 2.05) is 30.3 Å². The Labute approximate surface area is 165 Å². The van der Waals surface area contributed by atoms with Gasteiger partial charge >= 0.3 is 5.97 Å². The Kier molecular flexibility index (Phi) is 6.04. The molecule has 4 nitrogen and oxygen atoms in total. The smallest absolute Gasteiger partial charge is 0.342 e. The van der Waals surface area contributed by atoms with E-state index in [2.05, 4.69) is 15.9 Å². The summed E-state index contributed by atoms with van der Waals surface area (Å²) in [5.41, 5.74) is 1.24. The number of carbonyl (C=O) groups excluding carboxylic acids is 2. The molecule has 0 unspecified atom stereocenters. The van der Waals surface area contributed by atoms with Gasteiger partial charge in [-0.1, -0.05) is 58.4 Å². The van der Waals surface area contributed by atoms with Gasteiger partial charge in [-0.2, -0.15) is 0 Å². The minimum Gasteiger partial charge on any atom is -0.462 e. The van der Waals surface area contributed by atoms with Crippen LogP contribution in [0.15, 0.2) is 81.2 Å². The number of ketones is 1. The molecule has 0 aliphatic carbocycles. The van der Waals surface area contributed by atoms with Crippen molar-refractivity contribution in [3.63, 3.8) is 0 Å². The molecule has 0 amide bonds. The highest BCUT2D eigenvalue weighted by Crippen LogP contribution is 2.25. The van der Waals surface area contributed by atoms with E-state index in [-0.39, 0.29) is 12.2 Å². The predicted octanol–water partition coefficient (Wildman–Crippen LogP) is 5.54. The van der Waals surface area contributed by atoms with E-state index in [1.165, 1.54) is 6.08 Å². The molecule has 0 fully saturated rings. The fraction of sp³-hybridized carbons (Fsp3) is 0.0909. The molecule has 136 valence electrons. The number of esters is 1. The Morgan fingerprint density at radius 3 is 2.37 bits per heavy atom. The third-order valence-corrected chi connectivity index (χ3v) is 4.35. The van der Waals surface area contributed by atoms with Gasteiger partial charge in [-0.25, -0.2) is 4.79 Å². The van der Waals surface area contributed by atoms with Gasteiger partial charge in [-0.3, -0.25) is 4.79 Å². The number of benzene rings is 2. The lowest BCUT2D eigenvalue weighted by Crippen LogP contribution is -2.16. The van der Waals surface area contributed by atoms with Crippen molar-refractivity contribution < 1.29 is 18.7 Å². The first-order valence-corrected chi connectivity index (χ1v) is 9.22. The monoisotopic (exact) mass is 424 g/mol. The first-order chi connectivity index (χ1) is 13.1. The summed E-state index contributed by atoms with van der Waals surface area (Å²) in [4.78, 5) is 25.1. The molecule has 0 atom stereocenters. The molecule has 0 bridgehead atoms. The summed E-state index contributed by atoms with van der Waals surface area (Å²) in [5, 5.41) is 0. The minimum absolute atomic E-state index is 0.0697. The van der Waals surface area contributed by atoms with Crippen LogP contribution in [0.1, 0.15) is 23.0 Å². The van der Waals surface area contributed by atoms with Crippen molar-refractivity contribution in [2.24, 2.45) is 0 Å². The average Bonchev–Trinajstić information content (AvgIpc) is 3.15. The summed E-state index contributed by atoms with van der Waals surface area (Å²) in [6, 6.07) is 19.8. The van der Waals surface area contributed by atoms with E-state index < -0.39 is 11.8 Å². The molecule has 0 radical (unpaired) electrons. The van der Waals surface area contributed by atoms with E-state index in [9.17, 15) is 9.59 Å². The second kappa shape index (κ2) is 8.64. The number of ether oxygens (including phenoxy) is 1. The van der Waals surface area contributed by atoms with Gasteiger partial charge in [0.15, 0.2) is 5.78 Å². The maximum atomic E-state index is 12.8. The van der Waals surface area contributed by atoms with Crippen LogP contribution >= 0.6 is 15.9 Å². The molecule has 0 spiro atoms. The second-order valence-electron chi connectivity index (χ2n) is 5.68. The molecule has 0 aliphatic rings. The van der Waals surface area contributed by atoms with Crippen molar-refractivity contribution in [2.45, 2.75) is 6.92 Å². The third-order valence-electron chi connectivity index (χ3n) is 3.82. The van der Waals surface area contributed by atoms with Crippen LogP contribution in [0.3, 0.4) is 0 Å². The summed E-state index contributed by atoms with van der Waals surface area (Å²) in [6.07, 6.45) is 1.43. The third kappa shape index (κ3) is 4.63. The summed E-state index contributed by atoms with van der Waals surface area (Å²) >= 11 is 3.40. The van der Waals surface area contributed by atoms with Crippen molar-refractivity contribution in [2.75, 3.05) is 6.61 Å². The highest BCUT2D eigenvalue weighted by atomic mass is 79.9. The van der Waals surface area contributed by atoms with E-state index >= 15 is 0 Å². The van der Waals surface area contributed by atoms with Crippen LogP contribution in [0, 0.1) is 0 Å². The zero-order valence-electron chi connectivity index (χ0n) is 14.6. The first kappa shape index (κ1) is 18.9. The van der Waals surface area contributed by atoms with Crippen molar-refractivity contribution in [3.05, 3.63) is 88.1 Å². The van der Waals surface area contributed by atoms with Crippen molar-refractivity contribution >= 4 is 33.8 Å². The fourth-order valence-corrected chi connectivity index (χ4v) is 2.78. The van der Waals surface area contributed by atoms with Gasteiger partial charge in [-0.05, 0) is 37.3 Å². The predicted molar refractivity (Wildman–Crippen MR) is 107 cm³/mol. The summed E-state index contributed by atoms with van der Waals surface area (Å²) in [6.45, 7) is 1.88. The quantitative estimate of drug-likeness (QED) is 0.171. The molecule has 0 saturated heterocycles. The van der Waals surface area contributed by atoms with E-state index in [0.717, 1.165) is 10.0 Å². The lowest BCUT2D eigenvalue weighted by molar-refractivity contribution is -0.137. The Morgan fingerprint density at radius 1 is 1.00 bits per heavy atom.